The summed E-state index contributed by atoms with van der Waals surface area (Å²) in [7, 11) is 1.92. The Morgan fingerprint density at radius 3 is 2.43 bits per heavy atom. The van der Waals surface area contributed by atoms with Crippen LogP contribution in [-0.4, -0.2) is 33.5 Å². The van der Waals surface area contributed by atoms with Crippen LogP contribution in [0.3, 0.4) is 0 Å². The lowest BCUT2D eigenvalue weighted by Gasteiger charge is -2.32. The Kier molecular flexibility index (Phi) is 11.5. The van der Waals surface area contributed by atoms with Gasteiger partial charge in [0.1, 0.15) is 12.5 Å². The van der Waals surface area contributed by atoms with Gasteiger partial charge in [0, 0.05) is 22.5 Å². The normalized spacial score (nSPS) is 15.4. The Hall–Kier alpha value is -1.88. The van der Waals surface area contributed by atoms with Crippen molar-refractivity contribution in [2.75, 3.05) is 26.7 Å². The van der Waals surface area contributed by atoms with Gasteiger partial charge in [-0.2, -0.15) is 0 Å². The van der Waals surface area contributed by atoms with Gasteiger partial charge in [0.15, 0.2) is 0 Å². The van der Waals surface area contributed by atoms with Gasteiger partial charge in [-0.3, -0.25) is 0 Å². The quantitative estimate of drug-likeness (QED) is 0.767. The lowest BCUT2D eigenvalue weighted by Crippen LogP contribution is -2.40. The molecule has 1 spiro atoms. The van der Waals surface area contributed by atoms with Crippen LogP contribution in [-0.2, 0) is 16.8 Å². The summed E-state index contributed by atoms with van der Waals surface area (Å²) in [5.41, 5.74) is 2.97. The average molecular weight is 405 g/mol. The molecule has 2 heterocycles. The minimum Gasteiger partial charge on any atom is -0.492 e. The van der Waals surface area contributed by atoms with E-state index in [1.54, 1.807) is 0 Å². The van der Waals surface area contributed by atoms with Crippen LogP contribution >= 0.6 is 11.6 Å². The summed E-state index contributed by atoms with van der Waals surface area (Å²) < 4.78 is 5.76. The first-order chi connectivity index (χ1) is 13.7. The number of carbonyl (C=O) groups excluding carboxylic acids is 1. The van der Waals surface area contributed by atoms with Crippen LogP contribution in [0.1, 0.15) is 37.8 Å². The number of hydrogen-bond acceptors (Lipinski definition) is 4. The van der Waals surface area contributed by atoms with E-state index in [1.165, 1.54) is 24.0 Å². The van der Waals surface area contributed by atoms with Crippen molar-refractivity contribution in [1.82, 2.24) is 10.6 Å². The molecule has 1 saturated heterocycles. The van der Waals surface area contributed by atoms with E-state index in [-0.39, 0.29) is 0 Å². The van der Waals surface area contributed by atoms with Gasteiger partial charge in [-0.1, -0.05) is 55.8 Å². The van der Waals surface area contributed by atoms with Crippen molar-refractivity contribution in [2.45, 2.75) is 38.6 Å². The second-order valence-corrected chi connectivity index (χ2v) is 6.91. The highest BCUT2D eigenvalue weighted by atomic mass is 35.5. The Labute approximate surface area is 174 Å². The van der Waals surface area contributed by atoms with Crippen LogP contribution in [0.25, 0.3) is 0 Å². The van der Waals surface area contributed by atoms with Gasteiger partial charge in [-0.15, -0.1) is 0 Å². The molecule has 4 nitrogen and oxygen atoms in total. The minimum atomic E-state index is 0.321. The monoisotopic (exact) mass is 404 g/mol. The molecule has 2 N–H and O–H groups in total. The summed E-state index contributed by atoms with van der Waals surface area (Å²) >= 11 is 5.75. The molecule has 1 fully saturated rings. The van der Waals surface area contributed by atoms with Gasteiger partial charge in [0.25, 0.3) is 0 Å². The summed E-state index contributed by atoms with van der Waals surface area (Å²) in [5.74, 6) is 1.11. The van der Waals surface area contributed by atoms with Gasteiger partial charge in [-0.05, 0) is 56.7 Å². The van der Waals surface area contributed by atoms with Crippen molar-refractivity contribution in [2.24, 2.45) is 0 Å². The zero-order valence-corrected chi connectivity index (χ0v) is 18.0. The van der Waals surface area contributed by atoms with Crippen LogP contribution in [0.15, 0.2) is 48.5 Å². The Balaban J connectivity index is 0.000000249. The van der Waals surface area contributed by atoms with Gasteiger partial charge in [0.05, 0.1) is 6.61 Å². The van der Waals surface area contributed by atoms with E-state index in [9.17, 15) is 0 Å². The predicted molar refractivity (Wildman–Crippen MR) is 118 cm³/mol. The summed E-state index contributed by atoms with van der Waals surface area (Å²) in [6.07, 6.45) is 2.42. The zero-order chi connectivity index (χ0) is 20.8. The first-order valence-corrected chi connectivity index (χ1v) is 10.2. The number of piperidine rings is 1. The van der Waals surface area contributed by atoms with Crippen molar-refractivity contribution in [1.29, 1.82) is 0 Å². The second kappa shape index (κ2) is 13.3. The molecular weight excluding hydrogens is 372 g/mol. The lowest BCUT2D eigenvalue weighted by molar-refractivity contribution is -0.0979. The third kappa shape index (κ3) is 6.62. The molecule has 2 aliphatic heterocycles. The summed E-state index contributed by atoms with van der Waals surface area (Å²) in [5, 5.41) is 7.26. The highest BCUT2D eigenvalue weighted by Crippen LogP contribution is 2.43. The molecule has 4 rings (SSSR count). The molecule has 5 heteroatoms. The zero-order valence-electron chi connectivity index (χ0n) is 17.3. The van der Waals surface area contributed by atoms with E-state index >= 15 is 0 Å². The molecule has 2 aromatic rings. The molecule has 0 aliphatic carbocycles. The fourth-order valence-electron chi connectivity index (χ4n) is 3.49. The number of para-hydroxylation sites is 1. The molecule has 0 bridgehead atoms. The molecule has 2 aromatic carbocycles. The van der Waals surface area contributed by atoms with Crippen LogP contribution in [0.2, 0.25) is 5.02 Å². The molecule has 0 saturated carbocycles. The lowest BCUT2D eigenvalue weighted by atomic mass is 9.75. The van der Waals surface area contributed by atoms with Crippen LogP contribution in [0.4, 0.5) is 0 Å². The maximum absolute atomic E-state index is 8.00. The highest BCUT2D eigenvalue weighted by Gasteiger charge is 2.40. The van der Waals surface area contributed by atoms with Gasteiger partial charge < -0.3 is 20.2 Å². The van der Waals surface area contributed by atoms with E-state index in [4.69, 9.17) is 21.1 Å². The van der Waals surface area contributed by atoms with E-state index in [0.29, 0.717) is 5.41 Å². The van der Waals surface area contributed by atoms with Gasteiger partial charge in [0.2, 0.25) is 0 Å². The summed E-state index contributed by atoms with van der Waals surface area (Å²) in [6.45, 7) is 10.0. The van der Waals surface area contributed by atoms with E-state index in [1.807, 2.05) is 51.9 Å². The first-order valence-electron chi connectivity index (χ1n) is 9.84. The molecule has 0 radical (unpaired) electrons. The Morgan fingerprint density at radius 1 is 1.11 bits per heavy atom. The molecule has 0 amide bonds. The molecule has 0 unspecified atom stereocenters. The summed E-state index contributed by atoms with van der Waals surface area (Å²) in [4.78, 5) is 8.00. The fraction of sp³-hybridized carbons (Fsp3) is 0.435. The third-order valence-corrected chi connectivity index (χ3v) is 5.03. The van der Waals surface area contributed by atoms with Crippen molar-refractivity contribution in [3.63, 3.8) is 0 Å². The number of rotatable bonds is 2. The number of benzene rings is 2. The van der Waals surface area contributed by atoms with Crippen molar-refractivity contribution in [3.05, 3.63) is 64.7 Å². The Bertz CT molecular complexity index is 682. The standard InChI is InChI=1S/C12H15NO.C8H10ClN.C2H6.CH2O/c1-2-4-11-10(3-1)12(9-14-11)5-7-13-8-6-12;1-10-6-7-3-2-4-8(9)5-7;2*1-2/h1-4,13H,5-9H2;2-5,10H,6H2,1H3;1-2H3;1H2. The van der Waals surface area contributed by atoms with Gasteiger partial charge in [-0.25, -0.2) is 0 Å². The highest BCUT2D eigenvalue weighted by molar-refractivity contribution is 6.30. The van der Waals surface area contributed by atoms with Gasteiger partial charge >= 0.3 is 0 Å². The van der Waals surface area contributed by atoms with E-state index in [2.05, 4.69) is 34.9 Å². The third-order valence-electron chi connectivity index (χ3n) is 4.79. The maximum Gasteiger partial charge on any atom is 0.123 e. The smallest absolute Gasteiger partial charge is 0.123 e. The number of halogens is 1. The molecular formula is C23H33ClN2O2. The van der Waals surface area contributed by atoms with E-state index in [0.717, 1.165) is 37.0 Å². The number of nitrogens with one attached hydrogen (secondary N) is 2. The van der Waals surface area contributed by atoms with E-state index < -0.39 is 0 Å². The predicted octanol–water partition coefficient (Wildman–Crippen LogP) is 4.60. The molecule has 0 atom stereocenters. The summed E-state index contributed by atoms with van der Waals surface area (Å²) in [6, 6.07) is 16.3. The average Bonchev–Trinajstić information content (AvgIpc) is 3.11. The minimum absolute atomic E-state index is 0.321. The largest absolute Gasteiger partial charge is 0.492 e. The van der Waals surface area contributed by atoms with Crippen LogP contribution in [0, 0.1) is 0 Å². The van der Waals surface area contributed by atoms with Crippen LogP contribution < -0.4 is 15.4 Å². The molecule has 0 aromatic heterocycles. The fourth-order valence-corrected chi connectivity index (χ4v) is 3.71. The molecule has 2 aliphatic rings. The van der Waals surface area contributed by atoms with Crippen molar-refractivity contribution < 1.29 is 9.53 Å². The second-order valence-electron chi connectivity index (χ2n) is 6.48. The Morgan fingerprint density at radius 2 is 1.79 bits per heavy atom. The number of ether oxygens (including phenoxy) is 1. The maximum atomic E-state index is 8.00. The molecule has 154 valence electrons. The van der Waals surface area contributed by atoms with Crippen molar-refractivity contribution >= 4 is 18.4 Å². The number of fused-ring (bicyclic) bond motifs is 2. The van der Waals surface area contributed by atoms with Crippen LogP contribution in [0.5, 0.6) is 5.75 Å². The SMILES string of the molecule is C=O.CC.CNCc1cccc(Cl)c1.c1ccc2c(c1)OCC21CCNCC1. The van der Waals surface area contributed by atoms with Crippen molar-refractivity contribution in [3.8, 4) is 5.75 Å². The number of hydrogen-bond donors (Lipinski definition) is 2. The molecule has 28 heavy (non-hydrogen) atoms. The topological polar surface area (TPSA) is 50.4 Å². The first kappa shape index (κ1) is 24.2. The number of carbonyl (C=O) groups is 1.